The van der Waals surface area contributed by atoms with Gasteiger partial charge >= 0.3 is 0 Å². The molecule has 0 aliphatic carbocycles. The van der Waals surface area contributed by atoms with Gasteiger partial charge in [0.2, 0.25) is 11.0 Å². The molecule has 3 aromatic carbocycles. The Balaban J connectivity index is 1.63. The van der Waals surface area contributed by atoms with Crippen molar-refractivity contribution in [3.8, 4) is 17.3 Å². The maximum absolute atomic E-state index is 14.1. The van der Waals surface area contributed by atoms with Crippen molar-refractivity contribution < 1.29 is 9.59 Å². The molecule has 0 unspecified atom stereocenters. The van der Waals surface area contributed by atoms with E-state index in [0.717, 1.165) is 15.7 Å². The molecule has 3 atom stereocenters. The van der Waals surface area contributed by atoms with Crippen molar-refractivity contribution >= 4 is 49.9 Å². The number of carbonyl (C=O) groups excluding carboxylic acids is 2. The average Bonchev–Trinajstić information content (AvgIpc) is 3.54. The molecule has 5 rings (SSSR count). The van der Waals surface area contributed by atoms with E-state index in [0.29, 0.717) is 22.0 Å². The molecule has 2 heterocycles. The lowest BCUT2D eigenvalue weighted by Gasteiger charge is -2.26. The first-order chi connectivity index (χ1) is 18.0. The fraction of sp³-hybridized carbons (Fsp3) is 0.107. The van der Waals surface area contributed by atoms with Gasteiger partial charge in [0.15, 0.2) is 0 Å². The summed E-state index contributed by atoms with van der Waals surface area (Å²) in [6.45, 7) is 0. The first-order valence-electron chi connectivity index (χ1n) is 11.4. The van der Waals surface area contributed by atoms with Crippen LogP contribution in [0.3, 0.4) is 0 Å². The number of hydrazone groups is 1. The van der Waals surface area contributed by atoms with Crippen molar-refractivity contribution in [3.05, 3.63) is 106 Å². The third-order valence-corrected chi connectivity index (χ3v) is 7.55. The van der Waals surface area contributed by atoms with Crippen LogP contribution in [0.1, 0.15) is 17.0 Å². The van der Waals surface area contributed by atoms with Gasteiger partial charge in [-0.3, -0.25) is 9.59 Å². The average molecular weight is 570 g/mol. The monoisotopic (exact) mass is 569 g/mol. The van der Waals surface area contributed by atoms with Crippen LogP contribution in [0.2, 0.25) is 0 Å². The molecule has 0 bridgehead atoms. The Morgan fingerprint density at radius 2 is 1.62 bits per heavy atom. The zero-order chi connectivity index (χ0) is 25.9. The van der Waals surface area contributed by atoms with E-state index in [9.17, 15) is 14.9 Å². The van der Waals surface area contributed by atoms with Gasteiger partial charge in [0, 0.05) is 21.3 Å². The van der Waals surface area contributed by atoms with Gasteiger partial charge in [-0.2, -0.15) is 15.4 Å². The molecule has 1 aromatic heterocycles. The van der Waals surface area contributed by atoms with Crippen molar-refractivity contribution in [1.29, 1.82) is 5.26 Å². The molecule has 182 valence electrons. The van der Waals surface area contributed by atoms with Crippen LogP contribution >= 0.6 is 27.3 Å². The standard InChI is InChI=1S/C28H20BrN5O2S/c29-20-13-11-18(12-14-20)23(21(15-30)26(31)35)24-25(19-9-5-2-6-10-19)33-34(27(24)36)28-32-22(16-37-28)17-7-3-1-4-8-17/h1-14,16,21,23-24H,(H2,31,35)/t21-,23+,24-/m0/s1. The largest absolute Gasteiger partial charge is 0.369 e. The number of carbonyl (C=O) groups is 2. The minimum Gasteiger partial charge on any atom is -0.369 e. The molecule has 2 amide bonds. The summed E-state index contributed by atoms with van der Waals surface area (Å²) in [6.07, 6.45) is 0. The predicted molar refractivity (Wildman–Crippen MR) is 147 cm³/mol. The van der Waals surface area contributed by atoms with Gasteiger partial charge in [-0.25, -0.2) is 4.98 Å². The molecule has 0 spiro atoms. The van der Waals surface area contributed by atoms with Crippen LogP contribution in [-0.4, -0.2) is 22.5 Å². The molecule has 7 nitrogen and oxygen atoms in total. The molecule has 9 heteroatoms. The Bertz CT molecular complexity index is 1510. The number of benzene rings is 3. The highest BCUT2D eigenvalue weighted by atomic mass is 79.9. The quantitative estimate of drug-likeness (QED) is 0.323. The highest BCUT2D eigenvalue weighted by molar-refractivity contribution is 9.10. The highest BCUT2D eigenvalue weighted by Gasteiger charge is 2.48. The van der Waals surface area contributed by atoms with Gasteiger partial charge in [0.25, 0.3) is 5.91 Å². The Kier molecular flexibility index (Phi) is 6.95. The van der Waals surface area contributed by atoms with Crippen LogP contribution in [-0.2, 0) is 9.59 Å². The molecular formula is C28H20BrN5O2S. The van der Waals surface area contributed by atoms with Crippen molar-refractivity contribution in [3.63, 3.8) is 0 Å². The predicted octanol–water partition coefficient (Wildman–Crippen LogP) is 5.35. The Morgan fingerprint density at radius 1 is 1.00 bits per heavy atom. The maximum Gasteiger partial charge on any atom is 0.259 e. The van der Waals surface area contributed by atoms with E-state index in [-0.39, 0.29) is 5.91 Å². The van der Waals surface area contributed by atoms with Gasteiger partial charge < -0.3 is 5.73 Å². The third kappa shape index (κ3) is 4.81. The summed E-state index contributed by atoms with van der Waals surface area (Å²) >= 11 is 4.72. The molecule has 0 radical (unpaired) electrons. The number of hydrogen-bond acceptors (Lipinski definition) is 6. The summed E-state index contributed by atoms with van der Waals surface area (Å²) < 4.78 is 0.829. The Morgan fingerprint density at radius 3 is 2.22 bits per heavy atom. The van der Waals surface area contributed by atoms with Gasteiger partial charge in [-0.1, -0.05) is 88.7 Å². The fourth-order valence-corrected chi connectivity index (χ4v) is 5.51. The van der Waals surface area contributed by atoms with Crippen LogP contribution in [0.15, 0.2) is 99.9 Å². The van der Waals surface area contributed by atoms with E-state index in [1.54, 1.807) is 24.3 Å². The summed E-state index contributed by atoms with van der Waals surface area (Å²) in [5.41, 5.74) is 9.14. The molecule has 1 aliphatic heterocycles. The molecule has 0 saturated heterocycles. The lowest BCUT2D eigenvalue weighted by molar-refractivity contribution is -0.123. The molecule has 37 heavy (non-hydrogen) atoms. The van der Waals surface area contributed by atoms with E-state index < -0.39 is 23.7 Å². The number of aromatic nitrogens is 1. The second kappa shape index (κ2) is 10.5. The molecule has 2 N–H and O–H groups in total. The highest BCUT2D eigenvalue weighted by Crippen LogP contribution is 2.41. The Hall–Kier alpha value is -4.13. The Labute approximate surface area is 226 Å². The molecule has 4 aromatic rings. The van der Waals surface area contributed by atoms with E-state index in [2.05, 4.69) is 20.9 Å². The number of thiazole rings is 1. The van der Waals surface area contributed by atoms with Crippen LogP contribution in [0.4, 0.5) is 5.13 Å². The van der Waals surface area contributed by atoms with Crippen molar-refractivity contribution in [2.24, 2.45) is 22.7 Å². The summed E-state index contributed by atoms with van der Waals surface area (Å²) in [5, 5.41) is 18.2. The van der Waals surface area contributed by atoms with Gasteiger partial charge in [0.05, 0.1) is 23.4 Å². The van der Waals surface area contributed by atoms with E-state index in [4.69, 9.17) is 10.8 Å². The number of amides is 2. The maximum atomic E-state index is 14.1. The van der Waals surface area contributed by atoms with Crippen LogP contribution < -0.4 is 10.7 Å². The number of nitrogens with two attached hydrogens (primary N) is 1. The minimum atomic E-state index is -1.25. The van der Waals surface area contributed by atoms with E-state index >= 15 is 0 Å². The number of hydrogen-bond donors (Lipinski definition) is 1. The number of rotatable bonds is 7. The first-order valence-corrected chi connectivity index (χ1v) is 13.1. The second-order valence-electron chi connectivity index (χ2n) is 8.45. The van der Waals surface area contributed by atoms with E-state index in [1.165, 1.54) is 16.3 Å². The van der Waals surface area contributed by atoms with Crippen molar-refractivity contribution in [1.82, 2.24) is 4.98 Å². The summed E-state index contributed by atoms with van der Waals surface area (Å²) in [7, 11) is 0. The lowest BCUT2D eigenvalue weighted by atomic mass is 9.73. The van der Waals surface area contributed by atoms with Gasteiger partial charge in [-0.05, 0) is 23.3 Å². The minimum absolute atomic E-state index is 0.373. The molecular weight excluding hydrogens is 550 g/mol. The van der Waals surface area contributed by atoms with Gasteiger partial charge in [0.1, 0.15) is 5.92 Å². The summed E-state index contributed by atoms with van der Waals surface area (Å²) in [5.74, 6) is -4.19. The van der Waals surface area contributed by atoms with Crippen molar-refractivity contribution in [2.45, 2.75) is 5.92 Å². The van der Waals surface area contributed by atoms with Gasteiger partial charge in [-0.15, -0.1) is 11.3 Å². The number of nitrogens with zero attached hydrogens (tertiary/aromatic N) is 4. The van der Waals surface area contributed by atoms with Crippen molar-refractivity contribution in [2.75, 3.05) is 5.01 Å². The van der Waals surface area contributed by atoms with Crippen LogP contribution in [0, 0.1) is 23.2 Å². The molecule has 0 fully saturated rings. The SMILES string of the molecule is N#C[C@H](C(N)=O)[C@@H](c1ccc(Br)cc1)[C@@H]1C(=O)N(c2nc(-c3ccccc3)cs2)N=C1c1ccccc1. The number of anilines is 1. The normalized spacial score (nSPS) is 16.6. The first kappa shape index (κ1) is 24.6. The van der Waals surface area contributed by atoms with E-state index in [1.807, 2.05) is 72.1 Å². The fourth-order valence-electron chi connectivity index (χ4n) is 4.46. The molecule has 0 saturated carbocycles. The second-order valence-corrected chi connectivity index (χ2v) is 10.2. The zero-order valence-corrected chi connectivity index (χ0v) is 21.8. The van der Waals surface area contributed by atoms with Crippen LogP contribution in [0.5, 0.6) is 0 Å². The summed E-state index contributed by atoms with van der Waals surface area (Å²) in [6, 6.07) is 28.2. The third-order valence-electron chi connectivity index (χ3n) is 6.21. The zero-order valence-electron chi connectivity index (χ0n) is 19.4. The number of halogens is 1. The smallest absolute Gasteiger partial charge is 0.259 e. The summed E-state index contributed by atoms with van der Waals surface area (Å²) in [4.78, 5) is 31.2. The topological polar surface area (TPSA) is 112 Å². The number of primary amides is 1. The lowest BCUT2D eigenvalue weighted by Crippen LogP contribution is -2.39. The van der Waals surface area contributed by atoms with Crippen LogP contribution in [0.25, 0.3) is 11.3 Å². The molecule has 1 aliphatic rings. The number of nitriles is 1.